The molecule has 1 aliphatic rings. The van der Waals surface area contributed by atoms with E-state index in [1.54, 1.807) is 6.20 Å². The van der Waals surface area contributed by atoms with Crippen molar-refractivity contribution in [3.8, 4) is 22.8 Å². The van der Waals surface area contributed by atoms with Crippen molar-refractivity contribution in [2.75, 3.05) is 26.7 Å². The topological polar surface area (TPSA) is 58.4 Å². The van der Waals surface area contributed by atoms with Gasteiger partial charge in [-0.1, -0.05) is 42.0 Å². The Hall–Kier alpha value is -2.92. The predicted molar refractivity (Wildman–Crippen MR) is 115 cm³/mol. The molecule has 0 radical (unpaired) electrons. The van der Waals surface area contributed by atoms with Crippen molar-refractivity contribution in [3.63, 3.8) is 0 Å². The summed E-state index contributed by atoms with van der Waals surface area (Å²) in [5.41, 5.74) is 3.57. The van der Waals surface area contributed by atoms with Crippen LogP contribution < -0.4 is 5.32 Å². The Kier molecular flexibility index (Phi) is 5.76. The third-order valence-electron chi connectivity index (χ3n) is 5.62. The molecule has 1 amide bonds. The van der Waals surface area contributed by atoms with Crippen LogP contribution in [0.3, 0.4) is 0 Å². The molecular formula is C24H27N3O2. The van der Waals surface area contributed by atoms with E-state index in [0.717, 1.165) is 43.6 Å². The minimum absolute atomic E-state index is 0.0543. The van der Waals surface area contributed by atoms with Crippen LogP contribution >= 0.6 is 0 Å². The summed E-state index contributed by atoms with van der Waals surface area (Å²) < 4.78 is 6.03. The Bertz CT molecular complexity index is 970. The maximum atomic E-state index is 13.2. The van der Waals surface area contributed by atoms with Gasteiger partial charge in [0.05, 0.1) is 11.8 Å². The summed E-state index contributed by atoms with van der Waals surface area (Å²) in [5.74, 6) is 1.88. The standard InChI is InChI=1S/C24H27N3O2/c1-17-7-9-19(10-8-17)22-16-26-23(29-22)20-5-3-4-6-21(20)24(28)27-13-11-18(12-14-27)15-25-2/h3-10,16,18,25H,11-15H2,1-2H3. The molecule has 1 fully saturated rings. The molecule has 0 saturated carbocycles. The molecule has 0 atom stereocenters. The van der Waals surface area contributed by atoms with Crippen molar-refractivity contribution in [1.82, 2.24) is 15.2 Å². The lowest BCUT2D eigenvalue weighted by atomic mass is 9.96. The molecular weight excluding hydrogens is 362 g/mol. The average molecular weight is 389 g/mol. The van der Waals surface area contributed by atoms with E-state index < -0.39 is 0 Å². The van der Waals surface area contributed by atoms with Crippen molar-refractivity contribution >= 4 is 5.91 Å². The first-order valence-electron chi connectivity index (χ1n) is 10.2. The molecule has 4 rings (SSSR count). The Labute approximate surface area is 171 Å². The Balaban J connectivity index is 1.56. The maximum Gasteiger partial charge on any atom is 0.254 e. The molecule has 1 saturated heterocycles. The molecule has 0 unspecified atom stereocenters. The molecule has 0 spiro atoms. The lowest BCUT2D eigenvalue weighted by molar-refractivity contribution is 0.0691. The van der Waals surface area contributed by atoms with E-state index in [4.69, 9.17) is 4.42 Å². The van der Waals surface area contributed by atoms with E-state index in [0.29, 0.717) is 23.1 Å². The van der Waals surface area contributed by atoms with Crippen LogP contribution in [-0.4, -0.2) is 42.5 Å². The number of carbonyl (C=O) groups excluding carboxylic acids is 1. The van der Waals surface area contributed by atoms with Crippen LogP contribution in [0, 0.1) is 12.8 Å². The molecule has 29 heavy (non-hydrogen) atoms. The molecule has 5 nitrogen and oxygen atoms in total. The number of aryl methyl sites for hydroxylation is 1. The summed E-state index contributed by atoms with van der Waals surface area (Å²) in [6.07, 6.45) is 3.79. The Morgan fingerprint density at radius 3 is 2.59 bits per heavy atom. The van der Waals surface area contributed by atoms with Gasteiger partial charge in [0, 0.05) is 24.2 Å². The van der Waals surface area contributed by atoms with E-state index in [9.17, 15) is 4.79 Å². The molecule has 0 bridgehead atoms. The SMILES string of the molecule is CNCC1CCN(C(=O)c2ccccc2-c2ncc(-c3ccc(C)cc3)o2)CC1. The minimum atomic E-state index is 0.0543. The fourth-order valence-corrected chi connectivity index (χ4v) is 3.91. The highest BCUT2D eigenvalue weighted by Crippen LogP contribution is 2.29. The van der Waals surface area contributed by atoms with Crippen molar-refractivity contribution in [1.29, 1.82) is 0 Å². The largest absolute Gasteiger partial charge is 0.436 e. The van der Waals surface area contributed by atoms with Crippen molar-refractivity contribution in [2.45, 2.75) is 19.8 Å². The van der Waals surface area contributed by atoms with Gasteiger partial charge < -0.3 is 14.6 Å². The number of carbonyl (C=O) groups is 1. The highest BCUT2D eigenvalue weighted by molar-refractivity contribution is 6.00. The predicted octanol–water partition coefficient (Wildman–Crippen LogP) is 4.39. The number of aromatic nitrogens is 1. The lowest BCUT2D eigenvalue weighted by Crippen LogP contribution is -2.40. The van der Waals surface area contributed by atoms with Crippen LogP contribution in [0.4, 0.5) is 0 Å². The normalized spacial score (nSPS) is 14.9. The highest BCUT2D eigenvalue weighted by atomic mass is 16.4. The Morgan fingerprint density at radius 1 is 1.14 bits per heavy atom. The summed E-state index contributed by atoms with van der Waals surface area (Å²) in [6.45, 7) is 4.65. The van der Waals surface area contributed by atoms with Crippen molar-refractivity contribution in [2.24, 2.45) is 5.92 Å². The first-order valence-corrected chi connectivity index (χ1v) is 10.2. The van der Waals surface area contributed by atoms with Gasteiger partial charge in [0.25, 0.3) is 5.91 Å². The summed E-state index contributed by atoms with van der Waals surface area (Å²) >= 11 is 0. The number of amides is 1. The maximum absolute atomic E-state index is 13.2. The summed E-state index contributed by atoms with van der Waals surface area (Å²) in [7, 11) is 1.98. The monoisotopic (exact) mass is 389 g/mol. The summed E-state index contributed by atoms with van der Waals surface area (Å²) in [6, 6.07) is 15.7. The van der Waals surface area contributed by atoms with Crippen LogP contribution in [0.2, 0.25) is 0 Å². The fraction of sp³-hybridized carbons (Fsp3) is 0.333. The number of oxazole rings is 1. The van der Waals surface area contributed by atoms with Crippen LogP contribution in [0.5, 0.6) is 0 Å². The average Bonchev–Trinajstić information content (AvgIpc) is 3.25. The fourth-order valence-electron chi connectivity index (χ4n) is 3.91. The van der Waals surface area contributed by atoms with Crippen LogP contribution in [0.25, 0.3) is 22.8 Å². The van der Waals surface area contributed by atoms with Gasteiger partial charge >= 0.3 is 0 Å². The molecule has 1 aromatic heterocycles. The molecule has 2 heterocycles. The van der Waals surface area contributed by atoms with Crippen molar-refractivity contribution in [3.05, 3.63) is 65.9 Å². The van der Waals surface area contributed by atoms with Gasteiger partial charge in [-0.15, -0.1) is 0 Å². The first kappa shape index (κ1) is 19.4. The first-order chi connectivity index (χ1) is 14.2. The number of hydrogen-bond donors (Lipinski definition) is 1. The second kappa shape index (κ2) is 8.62. The molecule has 2 aromatic carbocycles. The zero-order valence-electron chi connectivity index (χ0n) is 17.0. The number of nitrogens with one attached hydrogen (secondary N) is 1. The molecule has 1 N–H and O–H groups in total. The zero-order chi connectivity index (χ0) is 20.2. The molecule has 3 aromatic rings. The van der Waals surface area contributed by atoms with Gasteiger partial charge in [-0.2, -0.15) is 0 Å². The van der Waals surface area contributed by atoms with E-state index in [1.165, 1.54) is 5.56 Å². The smallest absolute Gasteiger partial charge is 0.254 e. The molecule has 1 aliphatic heterocycles. The second-order valence-electron chi connectivity index (χ2n) is 7.73. The third kappa shape index (κ3) is 4.25. The number of benzene rings is 2. The number of likely N-dealkylation sites (tertiary alicyclic amines) is 1. The summed E-state index contributed by atoms with van der Waals surface area (Å²) in [4.78, 5) is 19.6. The number of piperidine rings is 1. The summed E-state index contributed by atoms with van der Waals surface area (Å²) in [5, 5.41) is 3.24. The van der Waals surface area contributed by atoms with E-state index in [2.05, 4.69) is 17.2 Å². The third-order valence-corrected chi connectivity index (χ3v) is 5.62. The Morgan fingerprint density at radius 2 is 1.86 bits per heavy atom. The van der Waals surface area contributed by atoms with E-state index in [1.807, 2.05) is 60.5 Å². The van der Waals surface area contributed by atoms with Gasteiger partial charge in [-0.25, -0.2) is 4.98 Å². The van der Waals surface area contributed by atoms with Gasteiger partial charge in [0.2, 0.25) is 5.89 Å². The molecule has 150 valence electrons. The molecule has 5 heteroatoms. The lowest BCUT2D eigenvalue weighted by Gasteiger charge is -2.32. The minimum Gasteiger partial charge on any atom is -0.436 e. The van der Waals surface area contributed by atoms with Crippen molar-refractivity contribution < 1.29 is 9.21 Å². The van der Waals surface area contributed by atoms with Gasteiger partial charge in [-0.3, -0.25) is 4.79 Å². The van der Waals surface area contributed by atoms with Crippen LogP contribution in [0.1, 0.15) is 28.8 Å². The van der Waals surface area contributed by atoms with E-state index >= 15 is 0 Å². The van der Waals surface area contributed by atoms with E-state index in [-0.39, 0.29) is 5.91 Å². The quantitative estimate of drug-likeness (QED) is 0.703. The van der Waals surface area contributed by atoms with Crippen LogP contribution in [-0.2, 0) is 0 Å². The zero-order valence-corrected chi connectivity index (χ0v) is 17.0. The second-order valence-corrected chi connectivity index (χ2v) is 7.73. The highest BCUT2D eigenvalue weighted by Gasteiger charge is 2.26. The van der Waals surface area contributed by atoms with Gasteiger partial charge in [0.15, 0.2) is 5.76 Å². The molecule has 0 aliphatic carbocycles. The number of nitrogens with zero attached hydrogens (tertiary/aromatic N) is 2. The van der Waals surface area contributed by atoms with Crippen LogP contribution in [0.15, 0.2) is 59.1 Å². The number of hydrogen-bond acceptors (Lipinski definition) is 4. The number of rotatable bonds is 5. The van der Waals surface area contributed by atoms with Gasteiger partial charge in [-0.05, 0) is 51.4 Å². The van der Waals surface area contributed by atoms with Gasteiger partial charge in [0.1, 0.15) is 0 Å².